The van der Waals surface area contributed by atoms with Crippen LogP contribution in [0.25, 0.3) is 10.9 Å². The van der Waals surface area contributed by atoms with Gasteiger partial charge in [0, 0.05) is 17.5 Å². The van der Waals surface area contributed by atoms with E-state index in [-0.39, 0.29) is 17.9 Å². The normalized spacial score (nSPS) is 10.5. The fraction of sp³-hybridized carbons (Fsp3) is 0.154. The first-order chi connectivity index (χ1) is 9.40. The molecule has 0 atom stereocenters. The van der Waals surface area contributed by atoms with Gasteiger partial charge in [-0.25, -0.2) is 0 Å². The molecule has 1 aromatic carbocycles. The Kier molecular flexibility index (Phi) is 3.76. The summed E-state index contributed by atoms with van der Waals surface area (Å²) >= 11 is 5.90. The molecule has 1 aromatic heterocycles. The zero-order valence-corrected chi connectivity index (χ0v) is 11.4. The Balaban J connectivity index is 2.57. The number of aromatic hydroxyl groups is 1. The summed E-state index contributed by atoms with van der Waals surface area (Å²) in [5.74, 6) is -1.45. The summed E-state index contributed by atoms with van der Waals surface area (Å²) in [6, 6.07) is 4.81. The first kappa shape index (κ1) is 14.1. The molecule has 0 saturated heterocycles. The van der Waals surface area contributed by atoms with Gasteiger partial charge in [0.15, 0.2) is 0 Å². The number of rotatable bonds is 3. The van der Waals surface area contributed by atoms with Crippen molar-refractivity contribution in [2.75, 3.05) is 13.6 Å². The summed E-state index contributed by atoms with van der Waals surface area (Å²) in [4.78, 5) is 28.3. The summed E-state index contributed by atoms with van der Waals surface area (Å²) in [7, 11) is 1.42. The van der Waals surface area contributed by atoms with E-state index in [4.69, 9.17) is 17.3 Å². The Bertz CT molecular complexity index is 697. The van der Waals surface area contributed by atoms with Crippen LogP contribution in [0.2, 0.25) is 5.02 Å². The summed E-state index contributed by atoms with van der Waals surface area (Å²) in [5, 5.41) is 10.7. The van der Waals surface area contributed by atoms with Crippen molar-refractivity contribution >= 4 is 34.3 Å². The maximum absolute atomic E-state index is 12.3. The smallest absolute Gasteiger partial charge is 0.258 e. The van der Waals surface area contributed by atoms with Gasteiger partial charge in [0.2, 0.25) is 5.91 Å². The number of pyridine rings is 1. The van der Waals surface area contributed by atoms with Crippen LogP contribution in [-0.4, -0.2) is 40.4 Å². The molecule has 0 spiro atoms. The number of fused-ring (bicyclic) bond motifs is 1. The lowest BCUT2D eigenvalue weighted by molar-refractivity contribution is -0.118. The molecule has 0 fully saturated rings. The van der Waals surface area contributed by atoms with Crippen molar-refractivity contribution in [2.45, 2.75) is 0 Å². The minimum Gasteiger partial charge on any atom is -0.505 e. The second-order valence-electron chi connectivity index (χ2n) is 4.31. The molecule has 104 valence electrons. The predicted molar refractivity (Wildman–Crippen MR) is 74.6 cm³/mol. The van der Waals surface area contributed by atoms with Crippen molar-refractivity contribution in [1.82, 2.24) is 9.88 Å². The molecule has 0 unspecified atom stereocenters. The molecule has 6 nitrogen and oxygen atoms in total. The van der Waals surface area contributed by atoms with Gasteiger partial charge in [-0.1, -0.05) is 11.6 Å². The lowest BCUT2D eigenvalue weighted by Gasteiger charge is -2.17. The third-order valence-electron chi connectivity index (χ3n) is 2.76. The number of hydrogen-bond donors (Lipinski definition) is 2. The van der Waals surface area contributed by atoms with E-state index in [1.54, 1.807) is 12.1 Å². The van der Waals surface area contributed by atoms with Gasteiger partial charge in [0.1, 0.15) is 5.75 Å². The minimum absolute atomic E-state index is 0.0428. The Labute approximate surface area is 119 Å². The molecular formula is C13H12ClN3O3. The zero-order chi connectivity index (χ0) is 14.9. The molecule has 0 aliphatic heterocycles. The highest BCUT2D eigenvalue weighted by Gasteiger charge is 2.21. The van der Waals surface area contributed by atoms with Crippen LogP contribution in [0.4, 0.5) is 0 Å². The Morgan fingerprint density at radius 1 is 1.45 bits per heavy atom. The van der Waals surface area contributed by atoms with Gasteiger partial charge in [0.05, 0.1) is 23.8 Å². The lowest BCUT2D eigenvalue weighted by atomic mass is 10.1. The zero-order valence-electron chi connectivity index (χ0n) is 10.6. The van der Waals surface area contributed by atoms with Crippen LogP contribution in [0.1, 0.15) is 10.4 Å². The number of aromatic nitrogens is 1. The maximum Gasteiger partial charge on any atom is 0.258 e. The Hall–Kier alpha value is -2.34. The topological polar surface area (TPSA) is 96.5 Å². The molecule has 7 heteroatoms. The largest absolute Gasteiger partial charge is 0.505 e. The van der Waals surface area contributed by atoms with Crippen LogP contribution < -0.4 is 5.73 Å². The van der Waals surface area contributed by atoms with Gasteiger partial charge < -0.3 is 15.7 Å². The van der Waals surface area contributed by atoms with Crippen molar-refractivity contribution in [3.63, 3.8) is 0 Å². The highest BCUT2D eigenvalue weighted by Crippen LogP contribution is 2.28. The fourth-order valence-corrected chi connectivity index (χ4v) is 2.05. The molecule has 2 aromatic rings. The third kappa shape index (κ3) is 2.65. The Morgan fingerprint density at radius 2 is 2.15 bits per heavy atom. The number of carbonyl (C=O) groups is 2. The van der Waals surface area contributed by atoms with Gasteiger partial charge in [-0.3, -0.25) is 14.6 Å². The molecule has 3 N–H and O–H groups in total. The number of halogens is 1. The number of benzene rings is 1. The highest BCUT2D eigenvalue weighted by atomic mass is 35.5. The molecular weight excluding hydrogens is 282 g/mol. The third-order valence-corrected chi connectivity index (χ3v) is 3.00. The van der Waals surface area contributed by atoms with Crippen LogP contribution >= 0.6 is 11.6 Å². The minimum atomic E-state index is -0.642. The average Bonchev–Trinajstić information content (AvgIpc) is 2.37. The van der Waals surface area contributed by atoms with E-state index >= 15 is 0 Å². The van der Waals surface area contributed by atoms with Crippen molar-refractivity contribution in [1.29, 1.82) is 0 Å². The number of nitrogens with two attached hydrogens (primary N) is 1. The average molecular weight is 294 g/mol. The number of amides is 2. The second-order valence-corrected chi connectivity index (χ2v) is 4.74. The second kappa shape index (κ2) is 5.34. The van der Waals surface area contributed by atoms with Crippen LogP contribution in [0.5, 0.6) is 5.75 Å². The van der Waals surface area contributed by atoms with E-state index in [1.165, 1.54) is 19.3 Å². The predicted octanol–water partition coefficient (Wildman–Crippen LogP) is 1.15. The number of primary amides is 1. The molecule has 2 rings (SSSR count). The van der Waals surface area contributed by atoms with Gasteiger partial charge in [0.25, 0.3) is 5.91 Å². The molecule has 0 aliphatic rings. The van der Waals surface area contributed by atoms with Crippen molar-refractivity contribution in [3.8, 4) is 5.75 Å². The Morgan fingerprint density at radius 3 is 2.80 bits per heavy atom. The fourth-order valence-electron chi connectivity index (χ4n) is 1.88. The molecule has 1 heterocycles. The number of carbonyl (C=O) groups excluding carboxylic acids is 2. The quantitative estimate of drug-likeness (QED) is 0.887. The molecule has 2 amide bonds. The lowest BCUT2D eigenvalue weighted by Crippen LogP contribution is -2.35. The highest BCUT2D eigenvalue weighted by molar-refractivity contribution is 6.31. The van der Waals surface area contributed by atoms with Crippen LogP contribution in [-0.2, 0) is 4.79 Å². The van der Waals surface area contributed by atoms with Crippen LogP contribution in [0, 0.1) is 0 Å². The van der Waals surface area contributed by atoms with E-state index in [0.717, 1.165) is 4.90 Å². The van der Waals surface area contributed by atoms with Crippen molar-refractivity contribution in [3.05, 3.63) is 35.0 Å². The van der Waals surface area contributed by atoms with Crippen LogP contribution in [0.15, 0.2) is 24.4 Å². The molecule has 0 saturated carbocycles. The van der Waals surface area contributed by atoms with Gasteiger partial charge in [-0.2, -0.15) is 0 Å². The maximum atomic E-state index is 12.3. The van der Waals surface area contributed by atoms with Crippen molar-refractivity contribution in [2.24, 2.45) is 5.73 Å². The molecule has 0 bridgehead atoms. The number of nitrogens with zero attached hydrogens (tertiary/aromatic N) is 2. The summed E-state index contributed by atoms with van der Waals surface area (Å²) in [6.07, 6.45) is 1.18. The number of likely N-dealkylation sites (N-methyl/N-ethyl adjacent to an activating group) is 1. The van der Waals surface area contributed by atoms with E-state index < -0.39 is 11.8 Å². The number of hydrogen-bond acceptors (Lipinski definition) is 4. The van der Waals surface area contributed by atoms with E-state index in [2.05, 4.69) is 4.98 Å². The SMILES string of the molecule is CN(CC(N)=O)C(=O)c1c(O)cnc2ccc(Cl)cc12. The summed E-state index contributed by atoms with van der Waals surface area (Å²) in [5.41, 5.74) is 5.61. The van der Waals surface area contributed by atoms with Crippen molar-refractivity contribution < 1.29 is 14.7 Å². The van der Waals surface area contributed by atoms with E-state index in [1.807, 2.05) is 0 Å². The van der Waals surface area contributed by atoms with E-state index in [0.29, 0.717) is 15.9 Å². The standard InChI is InChI=1S/C13H12ClN3O3/c1-17(6-11(15)19)13(20)12-8-4-7(14)2-3-9(8)16-5-10(12)18/h2-5,18H,6H2,1H3,(H2,15,19). The first-order valence-electron chi connectivity index (χ1n) is 5.71. The molecule has 0 aliphatic carbocycles. The first-order valence-corrected chi connectivity index (χ1v) is 6.09. The monoisotopic (exact) mass is 293 g/mol. The van der Waals surface area contributed by atoms with Crippen LogP contribution in [0.3, 0.4) is 0 Å². The van der Waals surface area contributed by atoms with Gasteiger partial charge >= 0.3 is 0 Å². The van der Waals surface area contributed by atoms with E-state index in [9.17, 15) is 14.7 Å². The van der Waals surface area contributed by atoms with Gasteiger partial charge in [-0.15, -0.1) is 0 Å². The molecule has 0 radical (unpaired) electrons. The summed E-state index contributed by atoms with van der Waals surface area (Å²) in [6.45, 7) is -0.247. The molecule has 20 heavy (non-hydrogen) atoms. The van der Waals surface area contributed by atoms with Gasteiger partial charge in [-0.05, 0) is 18.2 Å². The summed E-state index contributed by atoms with van der Waals surface area (Å²) < 4.78 is 0.